The van der Waals surface area contributed by atoms with Crippen LogP contribution < -0.4 is 15.1 Å². The summed E-state index contributed by atoms with van der Waals surface area (Å²) in [4.78, 5) is 16.8. The summed E-state index contributed by atoms with van der Waals surface area (Å²) in [6.45, 7) is 8.11. The van der Waals surface area contributed by atoms with Gasteiger partial charge in [0.1, 0.15) is 32.7 Å². The average molecular weight is 424 g/mol. The lowest BCUT2D eigenvalue weighted by molar-refractivity contribution is -1.01. The number of quaternary nitrogens is 2. The van der Waals surface area contributed by atoms with Gasteiger partial charge < -0.3 is 15.1 Å². The van der Waals surface area contributed by atoms with E-state index >= 15 is 0 Å². The Kier molecular flexibility index (Phi) is 6.64. The Morgan fingerprint density at radius 3 is 2.44 bits per heavy atom. The van der Waals surface area contributed by atoms with Gasteiger partial charge in [-0.15, -0.1) is 11.3 Å². The summed E-state index contributed by atoms with van der Waals surface area (Å²) >= 11 is 5.35. The van der Waals surface area contributed by atoms with Gasteiger partial charge in [-0.05, 0) is 40.5 Å². The van der Waals surface area contributed by atoms with Crippen molar-refractivity contribution < 1.29 is 14.6 Å². The molecule has 1 aromatic heterocycles. The molecule has 1 aliphatic heterocycles. The number of rotatable bonds is 6. The summed E-state index contributed by atoms with van der Waals surface area (Å²) < 4.78 is 1.20. The van der Waals surface area contributed by atoms with Crippen molar-refractivity contribution in [3.05, 3.63) is 56.7 Å². The van der Waals surface area contributed by atoms with Crippen LogP contribution in [0.4, 0.5) is 0 Å². The fourth-order valence-electron chi connectivity index (χ4n) is 3.35. The molecule has 1 fully saturated rings. The molecule has 0 bridgehead atoms. The first-order valence-corrected chi connectivity index (χ1v) is 10.5. The van der Waals surface area contributed by atoms with E-state index in [0.29, 0.717) is 6.54 Å². The van der Waals surface area contributed by atoms with Crippen molar-refractivity contribution in [2.75, 3.05) is 32.7 Å². The minimum Gasteiger partial charge on any atom is -0.345 e. The molecule has 3 rings (SSSR count). The van der Waals surface area contributed by atoms with Crippen LogP contribution in [0.5, 0.6) is 0 Å². The molecule has 1 saturated heterocycles. The van der Waals surface area contributed by atoms with Gasteiger partial charge >= 0.3 is 0 Å². The molecule has 2 heterocycles. The molecule has 0 unspecified atom stereocenters. The van der Waals surface area contributed by atoms with Gasteiger partial charge in [0.2, 0.25) is 0 Å². The SMILES string of the molecule is C[C@@H](NC(=O)C[NH+]1CC[NH+](Cc2ccc(Br)s2)CC1)c1ccccc1. The van der Waals surface area contributed by atoms with Crippen molar-refractivity contribution >= 4 is 33.2 Å². The maximum absolute atomic E-state index is 12.3. The first-order valence-electron chi connectivity index (χ1n) is 8.86. The molecular weight excluding hydrogens is 398 g/mol. The third-order valence-electron chi connectivity index (χ3n) is 4.80. The summed E-state index contributed by atoms with van der Waals surface area (Å²) in [5.41, 5.74) is 1.15. The van der Waals surface area contributed by atoms with Gasteiger partial charge in [0.05, 0.1) is 14.7 Å². The largest absolute Gasteiger partial charge is 0.345 e. The zero-order valence-electron chi connectivity index (χ0n) is 14.6. The van der Waals surface area contributed by atoms with E-state index in [1.807, 2.05) is 36.5 Å². The summed E-state index contributed by atoms with van der Waals surface area (Å²) in [6.07, 6.45) is 0. The van der Waals surface area contributed by atoms with Crippen LogP contribution in [0.25, 0.3) is 0 Å². The third-order valence-corrected chi connectivity index (χ3v) is 6.43. The number of hydrogen-bond acceptors (Lipinski definition) is 2. The highest BCUT2D eigenvalue weighted by molar-refractivity contribution is 9.11. The Morgan fingerprint density at radius 1 is 1.12 bits per heavy atom. The highest BCUT2D eigenvalue weighted by atomic mass is 79.9. The first kappa shape index (κ1) is 18.6. The van der Waals surface area contributed by atoms with Gasteiger partial charge in [-0.1, -0.05) is 30.3 Å². The number of benzene rings is 1. The summed E-state index contributed by atoms with van der Waals surface area (Å²) in [7, 11) is 0. The number of hydrogen-bond donors (Lipinski definition) is 3. The van der Waals surface area contributed by atoms with Crippen LogP contribution in [0.15, 0.2) is 46.3 Å². The Bertz CT molecular complexity index is 683. The second kappa shape index (κ2) is 8.94. The van der Waals surface area contributed by atoms with Crippen LogP contribution in [0.1, 0.15) is 23.4 Å². The van der Waals surface area contributed by atoms with Crippen molar-refractivity contribution in [3.8, 4) is 0 Å². The smallest absolute Gasteiger partial charge is 0.275 e. The molecule has 0 spiro atoms. The second-order valence-corrected chi connectivity index (χ2v) is 9.31. The van der Waals surface area contributed by atoms with Crippen molar-refractivity contribution in [2.45, 2.75) is 19.5 Å². The lowest BCUT2D eigenvalue weighted by Crippen LogP contribution is -3.28. The molecular formula is C19H26BrN3OS+2. The van der Waals surface area contributed by atoms with E-state index in [4.69, 9.17) is 0 Å². The molecule has 25 heavy (non-hydrogen) atoms. The Balaban J connectivity index is 1.40. The van der Waals surface area contributed by atoms with Crippen LogP contribution in [0.3, 0.4) is 0 Å². The summed E-state index contributed by atoms with van der Waals surface area (Å²) in [6, 6.07) is 14.5. The van der Waals surface area contributed by atoms with Crippen LogP contribution in [0.2, 0.25) is 0 Å². The van der Waals surface area contributed by atoms with Crippen LogP contribution in [-0.4, -0.2) is 38.6 Å². The second-order valence-electron chi connectivity index (χ2n) is 6.76. The van der Waals surface area contributed by atoms with Gasteiger partial charge in [0.15, 0.2) is 6.54 Å². The average Bonchev–Trinajstić information content (AvgIpc) is 3.02. The zero-order chi connectivity index (χ0) is 17.6. The van der Waals surface area contributed by atoms with E-state index in [2.05, 4.69) is 45.5 Å². The minimum absolute atomic E-state index is 0.0669. The normalized spacial score (nSPS) is 21.7. The number of halogens is 1. The predicted molar refractivity (Wildman–Crippen MR) is 105 cm³/mol. The maximum atomic E-state index is 12.3. The number of nitrogens with one attached hydrogen (secondary N) is 3. The van der Waals surface area contributed by atoms with Crippen LogP contribution in [-0.2, 0) is 11.3 Å². The molecule has 134 valence electrons. The fraction of sp³-hybridized carbons (Fsp3) is 0.421. The lowest BCUT2D eigenvalue weighted by atomic mass is 10.1. The van der Waals surface area contributed by atoms with E-state index < -0.39 is 0 Å². The van der Waals surface area contributed by atoms with Crippen molar-refractivity contribution in [3.63, 3.8) is 0 Å². The molecule has 6 heteroatoms. The number of amides is 1. The third kappa shape index (κ3) is 5.64. The molecule has 2 aromatic rings. The van der Waals surface area contributed by atoms with E-state index in [1.165, 1.54) is 13.6 Å². The topological polar surface area (TPSA) is 38.0 Å². The number of carbonyl (C=O) groups is 1. The summed E-state index contributed by atoms with van der Waals surface area (Å²) in [5, 5.41) is 3.13. The molecule has 1 amide bonds. The van der Waals surface area contributed by atoms with Gasteiger partial charge in [0.25, 0.3) is 5.91 Å². The maximum Gasteiger partial charge on any atom is 0.275 e. The van der Waals surface area contributed by atoms with E-state index in [9.17, 15) is 4.79 Å². The predicted octanol–water partition coefficient (Wildman–Crippen LogP) is 0.671. The number of thiophene rings is 1. The molecule has 1 aliphatic rings. The minimum atomic E-state index is 0.0669. The van der Waals surface area contributed by atoms with Gasteiger partial charge in [-0.25, -0.2) is 0 Å². The first-order chi connectivity index (χ1) is 12.1. The lowest BCUT2D eigenvalue weighted by Gasteiger charge is -2.29. The Morgan fingerprint density at radius 2 is 1.80 bits per heavy atom. The Labute approximate surface area is 162 Å². The molecule has 1 aromatic carbocycles. The summed E-state index contributed by atoms with van der Waals surface area (Å²) in [5.74, 6) is 0.150. The standard InChI is InChI=1S/C19H24BrN3OS/c1-15(16-5-3-2-4-6-16)21-19(24)14-23-11-9-22(10-12-23)13-17-7-8-18(20)25-17/h2-8,15H,9-14H2,1H3,(H,21,24)/p+2/t15-/m1/s1. The van der Waals surface area contributed by atoms with Crippen molar-refractivity contribution in [1.29, 1.82) is 0 Å². The Hall–Kier alpha value is -1.21. The van der Waals surface area contributed by atoms with Crippen LogP contribution >= 0.6 is 27.3 Å². The number of carbonyl (C=O) groups excluding carboxylic acids is 1. The molecule has 1 atom stereocenters. The van der Waals surface area contributed by atoms with E-state index in [0.717, 1.165) is 38.3 Å². The highest BCUT2D eigenvalue weighted by Gasteiger charge is 2.25. The zero-order valence-corrected chi connectivity index (χ0v) is 17.0. The molecule has 0 saturated carbocycles. The number of piperazine rings is 1. The molecule has 0 radical (unpaired) electrons. The van der Waals surface area contributed by atoms with Gasteiger partial charge in [-0.2, -0.15) is 0 Å². The van der Waals surface area contributed by atoms with E-state index in [1.54, 1.807) is 4.90 Å². The van der Waals surface area contributed by atoms with Gasteiger partial charge in [-0.3, -0.25) is 4.79 Å². The van der Waals surface area contributed by atoms with E-state index in [-0.39, 0.29) is 11.9 Å². The molecule has 3 N–H and O–H groups in total. The van der Waals surface area contributed by atoms with Crippen molar-refractivity contribution in [1.82, 2.24) is 5.32 Å². The molecule has 4 nitrogen and oxygen atoms in total. The van der Waals surface area contributed by atoms with Crippen LogP contribution in [0, 0.1) is 0 Å². The van der Waals surface area contributed by atoms with Crippen molar-refractivity contribution in [2.24, 2.45) is 0 Å². The fourth-order valence-corrected chi connectivity index (χ4v) is 4.90. The monoisotopic (exact) mass is 423 g/mol. The van der Waals surface area contributed by atoms with Gasteiger partial charge in [0, 0.05) is 0 Å². The quantitative estimate of drug-likeness (QED) is 0.627. The highest BCUT2D eigenvalue weighted by Crippen LogP contribution is 2.21. The molecule has 0 aliphatic carbocycles.